The molecule has 2 amide bonds. The Morgan fingerprint density at radius 2 is 1.90 bits per heavy atom. The topological polar surface area (TPSA) is 158 Å². The fourth-order valence-electron chi connectivity index (χ4n) is 2.28. The van der Waals surface area contributed by atoms with Gasteiger partial charge in [-0.05, 0) is 0 Å². The van der Waals surface area contributed by atoms with Crippen LogP contribution in [-0.2, 0) is 4.79 Å². The maximum absolute atomic E-state index is 13.0. The molecule has 2 rings (SSSR count). The minimum atomic E-state index is -1.02. The van der Waals surface area contributed by atoms with Gasteiger partial charge in [0.15, 0.2) is 5.69 Å². The SMILES string of the molecule is CN=CC(NC(=O)c1nc(C(C)C)ncc1Nc1cncnc1)C(=N)C(=O)NC. The Hall–Kier alpha value is -3.76. The lowest BCUT2D eigenvalue weighted by atomic mass is 10.1. The van der Waals surface area contributed by atoms with E-state index in [9.17, 15) is 9.59 Å². The van der Waals surface area contributed by atoms with Crippen LogP contribution in [0.2, 0.25) is 0 Å². The van der Waals surface area contributed by atoms with Crippen LogP contribution in [0.15, 0.2) is 29.9 Å². The van der Waals surface area contributed by atoms with E-state index in [-0.39, 0.29) is 17.3 Å². The van der Waals surface area contributed by atoms with Crippen LogP contribution in [0.3, 0.4) is 0 Å². The fourth-order valence-corrected chi connectivity index (χ4v) is 2.28. The van der Waals surface area contributed by atoms with Crippen molar-refractivity contribution in [2.75, 3.05) is 19.4 Å². The third-order valence-electron chi connectivity index (χ3n) is 3.75. The van der Waals surface area contributed by atoms with E-state index < -0.39 is 17.9 Å². The number of carbonyl (C=O) groups is 2. The number of hydrogen-bond acceptors (Lipinski definition) is 9. The van der Waals surface area contributed by atoms with Gasteiger partial charge in [0.25, 0.3) is 11.8 Å². The average molecular weight is 397 g/mol. The highest BCUT2D eigenvalue weighted by Crippen LogP contribution is 2.20. The Labute approximate surface area is 168 Å². The summed E-state index contributed by atoms with van der Waals surface area (Å²) < 4.78 is 0. The minimum Gasteiger partial charge on any atom is -0.354 e. The van der Waals surface area contributed by atoms with Gasteiger partial charge in [0, 0.05) is 26.2 Å². The van der Waals surface area contributed by atoms with Crippen LogP contribution >= 0.6 is 0 Å². The van der Waals surface area contributed by atoms with Crippen LogP contribution in [0, 0.1) is 5.41 Å². The van der Waals surface area contributed by atoms with Gasteiger partial charge in [-0.15, -0.1) is 0 Å². The first kappa shape index (κ1) is 21.5. The molecule has 0 saturated carbocycles. The van der Waals surface area contributed by atoms with Crippen LogP contribution < -0.4 is 16.0 Å². The fraction of sp³-hybridized carbons (Fsp3) is 0.333. The molecule has 0 spiro atoms. The van der Waals surface area contributed by atoms with Gasteiger partial charge < -0.3 is 16.0 Å². The number of nitrogens with one attached hydrogen (secondary N) is 4. The number of hydrogen-bond donors (Lipinski definition) is 4. The third kappa shape index (κ3) is 5.61. The number of nitrogens with zero attached hydrogens (tertiary/aromatic N) is 5. The smallest absolute Gasteiger partial charge is 0.273 e. The largest absolute Gasteiger partial charge is 0.354 e. The van der Waals surface area contributed by atoms with E-state index in [2.05, 4.69) is 40.9 Å². The lowest BCUT2D eigenvalue weighted by Crippen LogP contribution is -2.47. The number of anilines is 2. The van der Waals surface area contributed by atoms with Crippen LogP contribution in [0.5, 0.6) is 0 Å². The predicted molar refractivity (Wildman–Crippen MR) is 109 cm³/mol. The quantitative estimate of drug-likeness (QED) is 0.477. The molecule has 0 aliphatic carbocycles. The molecular weight excluding hydrogens is 374 g/mol. The Balaban J connectivity index is 2.38. The highest BCUT2D eigenvalue weighted by Gasteiger charge is 2.24. The molecule has 11 heteroatoms. The molecular formula is C18H23N9O2. The lowest BCUT2D eigenvalue weighted by Gasteiger charge is -2.17. The van der Waals surface area contributed by atoms with Crippen molar-refractivity contribution >= 4 is 35.1 Å². The third-order valence-corrected chi connectivity index (χ3v) is 3.75. The Kier molecular flexibility index (Phi) is 7.40. The zero-order valence-corrected chi connectivity index (χ0v) is 16.6. The van der Waals surface area contributed by atoms with E-state index in [1.54, 1.807) is 12.4 Å². The summed E-state index contributed by atoms with van der Waals surface area (Å²) in [4.78, 5) is 45.1. The molecule has 0 aliphatic rings. The van der Waals surface area contributed by atoms with Crippen molar-refractivity contribution in [1.82, 2.24) is 30.6 Å². The van der Waals surface area contributed by atoms with Gasteiger partial charge >= 0.3 is 0 Å². The highest BCUT2D eigenvalue weighted by molar-refractivity contribution is 6.42. The first-order chi connectivity index (χ1) is 13.9. The summed E-state index contributed by atoms with van der Waals surface area (Å²) in [7, 11) is 2.89. The summed E-state index contributed by atoms with van der Waals surface area (Å²) in [5.41, 5.74) is 0.593. The first-order valence-electron chi connectivity index (χ1n) is 8.80. The minimum absolute atomic E-state index is 0.00664. The second-order valence-corrected chi connectivity index (χ2v) is 6.25. The lowest BCUT2D eigenvalue weighted by molar-refractivity contribution is -0.114. The van der Waals surface area contributed by atoms with Crippen molar-refractivity contribution in [1.29, 1.82) is 5.41 Å². The Morgan fingerprint density at radius 3 is 2.48 bits per heavy atom. The van der Waals surface area contributed by atoms with Crippen molar-refractivity contribution < 1.29 is 9.59 Å². The molecule has 2 heterocycles. The molecule has 0 aliphatic heterocycles. The molecule has 0 saturated heterocycles. The van der Waals surface area contributed by atoms with Gasteiger partial charge in [0.2, 0.25) is 0 Å². The normalized spacial score (nSPS) is 11.9. The summed E-state index contributed by atoms with van der Waals surface area (Å²) in [6.07, 6.45) is 7.27. The molecule has 4 N–H and O–H groups in total. The number of aromatic nitrogens is 4. The Bertz CT molecular complexity index is 913. The zero-order valence-electron chi connectivity index (χ0n) is 16.6. The highest BCUT2D eigenvalue weighted by atomic mass is 16.2. The van der Waals surface area contributed by atoms with Gasteiger partial charge in [-0.2, -0.15) is 0 Å². The van der Waals surface area contributed by atoms with Crippen molar-refractivity contribution in [3.63, 3.8) is 0 Å². The van der Waals surface area contributed by atoms with Crippen molar-refractivity contribution in [3.05, 3.63) is 36.4 Å². The first-order valence-corrected chi connectivity index (χ1v) is 8.80. The maximum atomic E-state index is 13.0. The molecule has 1 atom stereocenters. The molecule has 0 bridgehead atoms. The van der Waals surface area contributed by atoms with E-state index in [1.165, 1.54) is 32.8 Å². The van der Waals surface area contributed by atoms with Gasteiger partial charge in [-0.25, -0.2) is 19.9 Å². The summed E-state index contributed by atoms with van der Waals surface area (Å²) in [6.45, 7) is 3.81. The van der Waals surface area contributed by atoms with E-state index in [1.807, 2.05) is 13.8 Å². The summed E-state index contributed by atoms with van der Waals surface area (Å²) in [5.74, 6) is -0.743. The second kappa shape index (κ2) is 9.97. The van der Waals surface area contributed by atoms with E-state index in [4.69, 9.17) is 5.41 Å². The van der Waals surface area contributed by atoms with E-state index in [0.717, 1.165) is 0 Å². The van der Waals surface area contributed by atoms with E-state index in [0.29, 0.717) is 17.2 Å². The van der Waals surface area contributed by atoms with E-state index >= 15 is 0 Å². The molecule has 0 aromatic carbocycles. The summed E-state index contributed by atoms with van der Waals surface area (Å²) in [5, 5.41) is 15.9. The van der Waals surface area contributed by atoms with Crippen molar-refractivity contribution in [3.8, 4) is 0 Å². The molecule has 0 fully saturated rings. The number of rotatable bonds is 8. The number of carbonyl (C=O) groups excluding carboxylic acids is 2. The van der Waals surface area contributed by atoms with Crippen LogP contribution in [-0.4, -0.2) is 63.8 Å². The van der Waals surface area contributed by atoms with Crippen LogP contribution in [0.25, 0.3) is 0 Å². The maximum Gasteiger partial charge on any atom is 0.273 e. The van der Waals surface area contributed by atoms with Gasteiger partial charge in [-0.1, -0.05) is 13.8 Å². The van der Waals surface area contributed by atoms with Gasteiger partial charge in [-0.3, -0.25) is 20.0 Å². The Morgan fingerprint density at radius 1 is 1.21 bits per heavy atom. The predicted octanol–water partition coefficient (Wildman–Crippen LogP) is 0.698. The van der Waals surface area contributed by atoms with Crippen molar-refractivity contribution in [2.24, 2.45) is 4.99 Å². The monoisotopic (exact) mass is 397 g/mol. The van der Waals surface area contributed by atoms with Crippen LogP contribution in [0.4, 0.5) is 11.4 Å². The number of amides is 2. The second-order valence-electron chi connectivity index (χ2n) is 6.25. The molecule has 29 heavy (non-hydrogen) atoms. The van der Waals surface area contributed by atoms with Gasteiger partial charge in [0.1, 0.15) is 23.9 Å². The summed E-state index contributed by atoms with van der Waals surface area (Å²) >= 11 is 0. The van der Waals surface area contributed by atoms with Crippen LogP contribution in [0.1, 0.15) is 36.1 Å². The molecule has 2 aromatic heterocycles. The molecule has 1 unspecified atom stereocenters. The molecule has 0 radical (unpaired) electrons. The standard InChI is InChI=1S/C18H23N9O2/c1-10(2)16-24-8-13(25-11-5-22-9-23-6-11)15(27-16)18(29)26-12(7-20-3)14(19)17(28)21-4/h5-10,12,19,25H,1-4H3,(H,21,28)(H,26,29). The average Bonchev–Trinajstić information content (AvgIpc) is 2.73. The van der Waals surface area contributed by atoms with Gasteiger partial charge in [0.05, 0.1) is 30.0 Å². The van der Waals surface area contributed by atoms with Crippen molar-refractivity contribution in [2.45, 2.75) is 25.8 Å². The zero-order chi connectivity index (χ0) is 21.4. The molecule has 11 nitrogen and oxygen atoms in total. The summed E-state index contributed by atoms with van der Waals surface area (Å²) in [6, 6.07) is -1.02. The molecule has 2 aromatic rings. The number of aliphatic imine (C=N–C) groups is 1. The molecule has 152 valence electrons.